The van der Waals surface area contributed by atoms with Gasteiger partial charge in [-0.15, -0.1) is 10.2 Å². The van der Waals surface area contributed by atoms with Crippen molar-refractivity contribution in [3.8, 4) is 11.5 Å². The number of methoxy groups -OCH3 is 2. The average molecular weight is 272 g/mol. The zero-order valence-corrected chi connectivity index (χ0v) is 11.3. The summed E-state index contributed by atoms with van der Waals surface area (Å²) in [6.07, 6.45) is 0. The van der Waals surface area contributed by atoms with Gasteiger partial charge in [-0.05, 0) is 24.3 Å². The molecule has 20 heavy (non-hydrogen) atoms. The molecule has 0 amide bonds. The van der Waals surface area contributed by atoms with Gasteiger partial charge in [0.05, 0.1) is 25.6 Å². The number of anilines is 2. The van der Waals surface area contributed by atoms with Crippen molar-refractivity contribution in [3.05, 3.63) is 36.4 Å². The van der Waals surface area contributed by atoms with E-state index in [1.807, 2.05) is 0 Å². The predicted octanol–water partition coefficient (Wildman–Crippen LogP) is 3.28. The molecule has 0 aliphatic rings. The van der Waals surface area contributed by atoms with Crippen molar-refractivity contribution in [3.63, 3.8) is 0 Å². The second kappa shape index (κ2) is 5.92. The van der Waals surface area contributed by atoms with Gasteiger partial charge in [0, 0.05) is 6.07 Å². The number of azo groups is 1. The minimum atomic E-state index is 0.401. The molecule has 0 radical (unpaired) electrons. The van der Waals surface area contributed by atoms with E-state index in [2.05, 4.69) is 10.2 Å². The third kappa shape index (κ3) is 2.80. The number of hydrogen-bond donors (Lipinski definition) is 2. The van der Waals surface area contributed by atoms with Gasteiger partial charge in [-0.2, -0.15) is 0 Å². The molecular weight excluding hydrogens is 256 g/mol. The maximum atomic E-state index is 5.84. The normalized spacial score (nSPS) is 10.7. The Hall–Kier alpha value is -2.76. The molecule has 0 aromatic heterocycles. The highest BCUT2D eigenvalue weighted by Gasteiger charge is 2.05. The molecule has 0 aliphatic carbocycles. The molecule has 0 unspecified atom stereocenters. The van der Waals surface area contributed by atoms with Crippen LogP contribution in [0.25, 0.3) is 0 Å². The van der Waals surface area contributed by atoms with Crippen LogP contribution in [0.5, 0.6) is 11.5 Å². The fourth-order valence-electron chi connectivity index (χ4n) is 1.64. The first-order valence-electron chi connectivity index (χ1n) is 5.93. The van der Waals surface area contributed by atoms with Gasteiger partial charge in [0.1, 0.15) is 22.9 Å². The summed E-state index contributed by atoms with van der Waals surface area (Å²) in [6.45, 7) is 0. The zero-order valence-electron chi connectivity index (χ0n) is 11.3. The Kier molecular flexibility index (Phi) is 4.05. The highest BCUT2D eigenvalue weighted by atomic mass is 16.5. The average Bonchev–Trinajstić information content (AvgIpc) is 2.48. The van der Waals surface area contributed by atoms with Gasteiger partial charge in [-0.3, -0.25) is 0 Å². The number of benzene rings is 2. The molecule has 0 saturated carbocycles. The van der Waals surface area contributed by atoms with Crippen LogP contribution >= 0.6 is 0 Å². The Labute approximate surface area is 117 Å². The lowest BCUT2D eigenvalue weighted by atomic mass is 10.2. The number of nitrogens with zero attached hydrogens (tertiary/aromatic N) is 2. The largest absolute Gasteiger partial charge is 0.497 e. The molecular formula is C14H16N4O2. The summed E-state index contributed by atoms with van der Waals surface area (Å²) in [5.41, 5.74) is 13.5. The molecule has 0 fully saturated rings. The number of rotatable bonds is 4. The smallest absolute Gasteiger partial charge is 0.146 e. The van der Waals surface area contributed by atoms with Gasteiger partial charge in [-0.25, -0.2) is 0 Å². The highest BCUT2D eigenvalue weighted by Crippen LogP contribution is 2.34. The quantitative estimate of drug-likeness (QED) is 0.659. The second-order valence-corrected chi connectivity index (χ2v) is 4.02. The first-order chi connectivity index (χ1) is 9.65. The maximum absolute atomic E-state index is 5.84. The van der Waals surface area contributed by atoms with E-state index in [-0.39, 0.29) is 0 Å². The molecule has 2 aromatic carbocycles. The van der Waals surface area contributed by atoms with Gasteiger partial charge in [0.25, 0.3) is 0 Å². The summed E-state index contributed by atoms with van der Waals surface area (Å²) in [4.78, 5) is 0. The number of ether oxygens (including phenoxy) is 2. The molecule has 6 nitrogen and oxygen atoms in total. The molecule has 4 N–H and O–H groups in total. The Balaban J connectivity index is 2.37. The molecule has 0 saturated heterocycles. The predicted molar refractivity (Wildman–Crippen MR) is 79.0 cm³/mol. The minimum absolute atomic E-state index is 0.401. The first-order valence-corrected chi connectivity index (χ1v) is 5.93. The minimum Gasteiger partial charge on any atom is -0.497 e. The Morgan fingerprint density at radius 1 is 0.900 bits per heavy atom. The molecule has 0 bridgehead atoms. The standard InChI is InChI=1S/C14H16N4O2/c1-19-9-6-7-13(20-2)12(8-9)18-17-11-5-3-4-10(15)14(11)16/h3-8H,15-16H2,1-2H3. The van der Waals surface area contributed by atoms with E-state index in [1.54, 1.807) is 50.6 Å². The summed E-state index contributed by atoms with van der Waals surface area (Å²) in [5.74, 6) is 1.26. The van der Waals surface area contributed by atoms with Gasteiger partial charge in [-0.1, -0.05) is 6.07 Å². The van der Waals surface area contributed by atoms with Crippen molar-refractivity contribution < 1.29 is 9.47 Å². The van der Waals surface area contributed by atoms with Crippen LogP contribution in [0.1, 0.15) is 0 Å². The van der Waals surface area contributed by atoms with Gasteiger partial charge in [0.2, 0.25) is 0 Å². The summed E-state index contributed by atoms with van der Waals surface area (Å²) >= 11 is 0. The van der Waals surface area contributed by atoms with Crippen LogP contribution in [0, 0.1) is 0 Å². The van der Waals surface area contributed by atoms with Crippen molar-refractivity contribution in [1.29, 1.82) is 0 Å². The molecule has 6 heteroatoms. The monoisotopic (exact) mass is 272 g/mol. The fourth-order valence-corrected chi connectivity index (χ4v) is 1.64. The Morgan fingerprint density at radius 3 is 2.35 bits per heavy atom. The van der Waals surface area contributed by atoms with Gasteiger partial charge < -0.3 is 20.9 Å². The van der Waals surface area contributed by atoms with Crippen LogP contribution in [0.3, 0.4) is 0 Å². The lowest BCUT2D eigenvalue weighted by Gasteiger charge is -2.06. The van der Waals surface area contributed by atoms with Crippen molar-refractivity contribution in [2.45, 2.75) is 0 Å². The third-order valence-electron chi connectivity index (χ3n) is 2.77. The topological polar surface area (TPSA) is 95.2 Å². The van der Waals surface area contributed by atoms with E-state index in [0.717, 1.165) is 0 Å². The molecule has 104 valence electrons. The lowest BCUT2D eigenvalue weighted by molar-refractivity contribution is 0.404. The van der Waals surface area contributed by atoms with E-state index in [9.17, 15) is 0 Å². The molecule has 2 rings (SSSR count). The van der Waals surface area contributed by atoms with Gasteiger partial charge in [0.15, 0.2) is 0 Å². The number of nitrogens with two attached hydrogens (primary N) is 2. The third-order valence-corrected chi connectivity index (χ3v) is 2.77. The van der Waals surface area contributed by atoms with Crippen LogP contribution in [0.15, 0.2) is 46.6 Å². The van der Waals surface area contributed by atoms with E-state index >= 15 is 0 Å². The fraction of sp³-hybridized carbons (Fsp3) is 0.143. The maximum Gasteiger partial charge on any atom is 0.146 e. The van der Waals surface area contributed by atoms with E-state index in [1.165, 1.54) is 0 Å². The molecule has 0 aliphatic heterocycles. The zero-order chi connectivity index (χ0) is 14.5. The number of nitrogen functional groups attached to an aromatic ring is 2. The highest BCUT2D eigenvalue weighted by molar-refractivity contribution is 5.76. The van der Waals surface area contributed by atoms with Crippen LogP contribution in [0.4, 0.5) is 22.7 Å². The van der Waals surface area contributed by atoms with Crippen molar-refractivity contribution in [1.82, 2.24) is 0 Å². The van der Waals surface area contributed by atoms with Crippen molar-refractivity contribution in [2.24, 2.45) is 10.2 Å². The van der Waals surface area contributed by atoms with Crippen molar-refractivity contribution in [2.75, 3.05) is 25.7 Å². The lowest BCUT2D eigenvalue weighted by Crippen LogP contribution is -1.93. The Bertz CT molecular complexity index is 641. The van der Waals surface area contributed by atoms with Crippen LogP contribution < -0.4 is 20.9 Å². The first kappa shape index (κ1) is 13.7. The SMILES string of the molecule is COc1ccc(OC)c(N=Nc2cccc(N)c2N)c1. The number of para-hydroxylation sites is 1. The number of hydrogen-bond acceptors (Lipinski definition) is 6. The molecule has 0 heterocycles. The van der Waals surface area contributed by atoms with E-state index in [0.29, 0.717) is 34.2 Å². The molecule has 0 spiro atoms. The van der Waals surface area contributed by atoms with E-state index < -0.39 is 0 Å². The van der Waals surface area contributed by atoms with E-state index in [4.69, 9.17) is 20.9 Å². The summed E-state index contributed by atoms with van der Waals surface area (Å²) in [7, 11) is 3.15. The molecule has 2 aromatic rings. The van der Waals surface area contributed by atoms with Gasteiger partial charge >= 0.3 is 0 Å². The molecule has 0 atom stereocenters. The summed E-state index contributed by atoms with van der Waals surface area (Å²) in [6, 6.07) is 10.5. The Morgan fingerprint density at radius 2 is 1.65 bits per heavy atom. The summed E-state index contributed by atoms with van der Waals surface area (Å²) < 4.78 is 10.4. The summed E-state index contributed by atoms with van der Waals surface area (Å²) in [5, 5.41) is 8.25. The van der Waals surface area contributed by atoms with Crippen LogP contribution in [0.2, 0.25) is 0 Å². The van der Waals surface area contributed by atoms with Crippen LogP contribution in [-0.2, 0) is 0 Å². The van der Waals surface area contributed by atoms with Crippen LogP contribution in [-0.4, -0.2) is 14.2 Å². The van der Waals surface area contributed by atoms with Crippen molar-refractivity contribution >= 4 is 22.7 Å². The second-order valence-electron chi connectivity index (χ2n) is 4.02.